The first-order valence-corrected chi connectivity index (χ1v) is 8.35. The molecular weight excluding hydrogens is 248 g/mol. The molecule has 2 nitrogen and oxygen atoms in total. The van der Waals surface area contributed by atoms with Gasteiger partial charge in [0.2, 0.25) is 0 Å². The summed E-state index contributed by atoms with van der Waals surface area (Å²) in [5.41, 5.74) is 0.386. The van der Waals surface area contributed by atoms with Gasteiger partial charge in [-0.2, -0.15) is 0 Å². The van der Waals surface area contributed by atoms with Crippen molar-refractivity contribution >= 4 is 0 Å². The summed E-state index contributed by atoms with van der Waals surface area (Å²) in [6.45, 7) is 16.5. The summed E-state index contributed by atoms with van der Waals surface area (Å²) in [5.74, 6) is 0. The Morgan fingerprint density at radius 3 is 1.70 bits per heavy atom. The quantitative estimate of drug-likeness (QED) is 0.492. The molecule has 1 unspecified atom stereocenters. The molecule has 0 radical (unpaired) electrons. The van der Waals surface area contributed by atoms with E-state index in [4.69, 9.17) is 9.47 Å². The van der Waals surface area contributed by atoms with Gasteiger partial charge in [0.15, 0.2) is 0 Å². The Morgan fingerprint density at radius 2 is 1.30 bits per heavy atom. The Bertz CT molecular complexity index is 256. The van der Waals surface area contributed by atoms with Crippen LogP contribution in [-0.4, -0.2) is 24.9 Å². The largest absolute Gasteiger partial charge is 0.379 e. The molecule has 0 N–H and O–H groups in total. The third kappa shape index (κ3) is 7.08. The molecule has 0 aromatic carbocycles. The first-order chi connectivity index (χ1) is 9.16. The smallest absolute Gasteiger partial charge is 0.0652 e. The maximum Gasteiger partial charge on any atom is 0.0652 e. The zero-order valence-electron chi connectivity index (χ0n) is 15.3. The third-order valence-corrected chi connectivity index (χ3v) is 5.42. The van der Waals surface area contributed by atoms with Crippen LogP contribution in [0.15, 0.2) is 0 Å². The van der Waals surface area contributed by atoms with Crippen LogP contribution in [-0.2, 0) is 9.47 Å². The van der Waals surface area contributed by atoms with Crippen LogP contribution in [0.1, 0.15) is 87.0 Å². The van der Waals surface area contributed by atoms with Crippen molar-refractivity contribution in [2.24, 2.45) is 5.41 Å². The number of rotatable bonds is 11. The molecule has 1 atom stereocenters. The van der Waals surface area contributed by atoms with Crippen LogP contribution < -0.4 is 0 Å². The minimum Gasteiger partial charge on any atom is -0.379 e. The second-order valence-electron chi connectivity index (χ2n) is 7.38. The van der Waals surface area contributed by atoms with Crippen molar-refractivity contribution in [2.75, 3.05) is 13.7 Å². The number of methoxy groups -OCH3 is 1. The van der Waals surface area contributed by atoms with Gasteiger partial charge in [-0.3, -0.25) is 0 Å². The second-order valence-corrected chi connectivity index (χ2v) is 7.38. The molecule has 0 aliphatic rings. The molecule has 20 heavy (non-hydrogen) atoms. The summed E-state index contributed by atoms with van der Waals surface area (Å²) >= 11 is 0. The molecule has 0 saturated heterocycles. The van der Waals surface area contributed by atoms with E-state index in [2.05, 4.69) is 48.5 Å². The van der Waals surface area contributed by atoms with Gasteiger partial charge in [0.25, 0.3) is 0 Å². The molecule has 2 heteroatoms. The fraction of sp³-hybridized carbons (Fsp3) is 1.00. The van der Waals surface area contributed by atoms with Crippen molar-refractivity contribution in [2.45, 2.75) is 98.2 Å². The van der Waals surface area contributed by atoms with E-state index in [-0.39, 0.29) is 11.2 Å². The molecule has 122 valence electrons. The molecule has 0 aromatic heterocycles. The number of hydrogen-bond acceptors (Lipinski definition) is 2. The zero-order chi connectivity index (χ0) is 15.9. The average molecular weight is 286 g/mol. The van der Waals surface area contributed by atoms with E-state index < -0.39 is 0 Å². The SMILES string of the molecule is CCC(C)(CC)CCC(C)(CC)OCCC(C)(C)OC. The molecule has 0 aliphatic heterocycles. The van der Waals surface area contributed by atoms with Gasteiger partial charge in [0.1, 0.15) is 0 Å². The van der Waals surface area contributed by atoms with Crippen LogP contribution in [0.3, 0.4) is 0 Å². The normalized spacial score (nSPS) is 16.2. The van der Waals surface area contributed by atoms with Crippen molar-refractivity contribution in [1.82, 2.24) is 0 Å². The highest BCUT2D eigenvalue weighted by Crippen LogP contribution is 2.35. The lowest BCUT2D eigenvalue weighted by Crippen LogP contribution is -2.33. The molecule has 0 rings (SSSR count). The maximum absolute atomic E-state index is 6.22. The Hall–Kier alpha value is -0.0800. The Morgan fingerprint density at radius 1 is 0.750 bits per heavy atom. The topological polar surface area (TPSA) is 18.5 Å². The monoisotopic (exact) mass is 286 g/mol. The van der Waals surface area contributed by atoms with Gasteiger partial charge in [-0.05, 0) is 51.9 Å². The van der Waals surface area contributed by atoms with Crippen molar-refractivity contribution in [3.8, 4) is 0 Å². The fourth-order valence-corrected chi connectivity index (χ4v) is 2.17. The van der Waals surface area contributed by atoms with Crippen LogP contribution in [0.25, 0.3) is 0 Å². The van der Waals surface area contributed by atoms with Crippen molar-refractivity contribution in [1.29, 1.82) is 0 Å². The van der Waals surface area contributed by atoms with E-state index in [0.717, 1.165) is 25.9 Å². The highest BCUT2D eigenvalue weighted by molar-refractivity contribution is 4.80. The maximum atomic E-state index is 6.22. The molecule has 0 bridgehead atoms. The van der Waals surface area contributed by atoms with Crippen LogP contribution in [0.2, 0.25) is 0 Å². The fourth-order valence-electron chi connectivity index (χ4n) is 2.17. The van der Waals surface area contributed by atoms with E-state index in [0.29, 0.717) is 5.41 Å². The summed E-state index contributed by atoms with van der Waals surface area (Å²) in [6.07, 6.45) is 6.91. The molecule has 0 fully saturated rings. The first-order valence-electron chi connectivity index (χ1n) is 8.35. The predicted octanol–water partition coefficient (Wildman–Crippen LogP) is 5.59. The van der Waals surface area contributed by atoms with Gasteiger partial charge < -0.3 is 9.47 Å². The van der Waals surface area contributed by atoms with Gasteiger partial charge in [-0.1, -0.05) is 40.5 Å². The molecule has 0 aliphatic carbocycles. The third-order valence-electron chi connectivity index (χ3n) is 5.42. The lowest BCUT2D eigenvalue weighted by molar-refractivity contribution is -0.0762. The Labute approximate surface area is 127 Å². The van der Waals surface area contributed by atoms with Crippen molar-refractivity contribution < 1.29 is 9.47 Å². The first kappa shape index (κ1) is 19.9. The minimum absolute atomic E-state index is 0.00935. The van der Waals surface area contributed by atoms with Crippen LogP contribution in [0, 0.1) is 5.41 Å². The summed E-state index contributed by atoms with van der Waals surface area (Å²) in [7, 11) is 1.77. The van der Waals surface area contributed by atoms with Crippen LogP contribution in [0.5, 0.6) is 0 Å². The highest BCUT2D eigenvalue weighted by Gasteiger charge is 2.29. The van der Waals surface area contributed by atoms with Gasteiger partial charge >= 0.3 is 0 Å². The molecule has 0 amide bonds. The standard InChI is InChI=1S/C18H38O2/c1-9-17(6,10-2)12-13-18(7,11-3)20-15-14-16(4,5)19-8/h9-15H2,1-8H3. The highest BCUT2D eigenvalue weighted by atomic mass is 16.5. The minimum atomic E-state index is -0.0873. The van der Waals surface area contributed by atoms with Crippen molar-refractivity contribution in [3.05, 3.63) is 0 Å². The van der Waals surface area contributed by atoms with E-state index in [1.807, 2.05) is 0 Å². The Kier molecular flexibility index (Phi) is 8.35. The van der Waals surface area contributed by atoms with Crippen LogP contribution in [0.4, 0.5) is 0 Å². The van der Waals surface area contributed by atoms with Crippen molar-refractivity contribution in [3.63, 3.8) is 0 Å². The average Bonchev–Trinajstić information content (AvgIpc) is 2.44. The lowest BCUT2D eigenvalue weighted by Gasteiger charge is -2.35. The molecular formula is C18H38O2. The van der Waals surface area contributed by atoms with Crippen LogP contribution >= 0.6 is 0 Å². The molecule has 0 spiro atoms. The van der Waals surface area contributed by atoms with Gasteiger partial charge in [0, 0.05) is 7.11 Å². The summed E-state index contributed by atoms with van der Waals surface area (Å²) in [5, 5.41) is 0. The second kappa shape index (κ2) is 8.38. The predicted molar refractivity (Wildman–Crippen MR) is 88.3 cm³/mol. The Balaban J connectivity index is 4.34. The summed E-state index contributed by atoms with van der Waals surface area (Å²) in [4.78, 5) is 0. The van der Waals surface area contributed by atoms with E-state index >= 15 is 0 Å². The van der Waals surface area contributed by atoms with E-state index in [1.165, 1.54) is 19.3 Å². The summed E-state index contributed by atoms with van der Waals surface area (Å²) in [6, 6.07) is 0. The number of ether oxygens (including phenoxy) is 2. The molecule has 0 aromatic rings. The zero-order valence-corrected chi connectivity index (χ0v) is 15.3. The molecule has 0 saturated carbocycles. The van der Waals surface area contributed by atoms with Gasteiger partial charge in [-0.15, -0.1) is 0 Å². The van der Waals surface area contributed by atoms with Gasteiger partial charge in [-0.25, -0.2) is 0 Å². The molecule has 0 heterocycles. The van der Waals surface area contributed by atoms with Gasteiger partial charge in [0.05, 0.1) is 17.8 Å². The summed E-state index contributed by atoms with van der Waals surface area (Å²) < 4.78 is 11.7. The van der Waals surface area contributed by atoms with E-state index in [1.54, 1.807) is 7.11 Å². The lowest BCUT2D eigenvalue weighted by atomic mass is 9.77. The number of hydrogen-bond donors (Lipinski definition) is 0. The van der Waals surface area contributed by atoms with E-state index in [9.17, 15) is 0 Å².